The number of hydrogen-bond donors (Lipinski definition) is 2. The monoisotopic (exact) mass is 442 g/mol. The van der Waals surface area contributed by atoms with Gasteiger partial charge in [-0.1, -0.05) is 53.7 Å². The molecule has 0 radical (unpaired) electrons. The van der Waals surface area contributed by atoms with Crippen LogP contribution in [0.1, 0.15) is 106 Å². The molecule has 2 nitrogen and oxygen atoms in total. The second kappa shape index (κ2) is 6.87. The highest BCUT2D eigenvalue weighted by Gasteiger charge is 2.71. The Bertz CT molecular complexity index is 801. The Morgan fingerprint density at radius 2 is 1.44 bits per heavy atom. The van der Waals surface area contributed by atoms with Gasteiger partial charge in [0.2, 0.25) is 0 Å². The van der Waals surface area contributed by atoms with Gasteiger partial charge in [0, 0.05) is 11.8 Å². The molecule has 32 heavy (non-hydrogen) atoms. The Morgan fingerprint density at radius 1 is 0.750 bits per heavy atom. The third kappa shape index (κ3) is 2.61. The lowest BCUT2D eigenvalue weighted by Crippen LogP contribution is -2.69. The molecule has 0 spiro atoms. The Labute approximate surface area is 197 Å². The first-order valence-electron chi connectivity index (χ1n) is 13.7. The predicted molar refractivity (Wildman–Crippen MR) is 132 cm³/mol. The van der Waals surface area contributed by atoms with Gasteiger partial charge in [-0.2, -0.15) is 0 Å². The van der Waals surface area contributed by atoms with Gasteiger partial charge >= 0.3 is 0 Å². The second-order valence-electron chi connectivity index (χ2n) is 14.8. The smallest absolute Gasteiger partial charge is 0.0624 e. The van der Waals surface area contributed by atoms with E-state index in [1.165, 1.54) is 50.5 Å². The van der Waals surface area contributed by atoms with Crippen molar-refractivity contribution in [1.82, 2.24) is 0 Å². The lowest BCUT2D eigenvalue weighted by molar-refractivity contribution is -0.273. The highest BCUT2D eigenvalue weighted by Crippen LogP contribution is 2.77. The van der Waals surface area contributed by atoms with Gasteiger partial charge in [-0.3, -0.25) is 0 Å². The van der Waals surface area contributed by atoms with Crippen LogP contribution >= 0.6 is 0 Å². The zero-order valence-electron chi connectivity index (χ0n) is 22.0. The molecule has 0 bridgehead atoms. The summed E-state index contributed by atoms with van der Waals surface area (Å²) < 4.78 is 0. The SMILES string of the molecule is C=C(C)[C@@H]1CC[C@@]2(C)CC[C@]3(C)[C@H](CC[C@@H]4[C@]5(C)[C@H](O)C[C@@H](O)C(C)(C)[C@H]5CC[C@]43C)[C@@H]12. The van der Waals surface area contributed by atoms with Crippen molar-refractivity contribution in [3.05, 3.63) is 12.2 Å². The molecule has 5 rings (SSSR count). The van der Waals surface area contributed by atoms with E-state index in [0.29, 0.717) is 35.0 Å². The molecular formula is C30H50O2. The molecular weight excluding hydrogens is 392 g/mol. The number of fused-ring (bicyclic) bond motifs is 7. The second-order valence-corrected chi connectivity index (χ2v) is 14.8. The van der Waals surface area contributed by atoms with Crippen LogP contribution in [0.25, 0.3) is 0 Å². The molecule has 5 fully saturated rings. The molecule has 182 valence electrons. The van der Waals surface area contributed by atoms with Crippen molar-refractivity contribution in [3.8, 4) is 0 Å². The average Bonchev–Trinajstić information content (AvgIpc) is 3.05. The Hall–Kier alpha value is -0.340. The summed E-state index contributed by atoms with van der Waals surface area (Å²) in [5, 5.41) is 22.4. The molecule has 0 aromatic heterocycles. The third-order valence-corrected chi connectivity index (χ3v) is 13.6. The van der Waals surface area contributed by atoms with E-state index in [2.05, 4.69) is 55.0 Å². The molecule has 11 atom stereocenters. The van der Waals surface area contributed by atoms with Gasteiger partial charge in [0.1, 0.15) is 0 Å². The van der Waals surface area contributed by atoms with Crippen LogP contribution < -0.4 is 0 Å². The van der Waals surface area contributed by atoms with Crippen molar-refractivity contribution >= 4 is 0 Å². The molecule has 2 N–H and O–H groups in total. The number of allylic oxidation sites excluding steroid dienone is 1. The van der Waals surface area contributed by atoms with E-state index >= 15 is 0 Å². The predicted octanol–water partition coefficient (Wildman–Crippen LogP) is 7.00. The van der Waals surface area contributed by atoms with Gasteiger partial charge in [-0.15, -0.1) is 0 Å². The number of aliphatic hydroxyl groups excluding tert-OH is 2. The average molecular weight is 443 g/mol. The molecule has 0 aliphatic heterocycles. The Kier molecular flexibility index (Phi) is 5.02. The van der Waals surface area contributed by atoms with Gasteiger partial charge in [0.05, 0.1) is 12.2 Å². The lowest BCUT2D eigenvalue weighted by Gasteiger charge is -2.73. The Balaban J connectivity index is 1.57. The molecule has 5 aliphatic rings. The van der Waals surface area contributed by atoms with Crippen LogP contribution in [0.15, 0.2) is 12.2 Å². The minimum absolute atomic E-state index is 0.0894. The summed E-state index contributed by atoms with van der Waals surface area (Å²) in [7, 11) is 0. The van der Waals surface area contributed by atoms with E-state index in [0.717, 1.165) is 18.3 Å². The topological polar surface area (TPSA) is 40.5 Å². The standard InChI is InChI=1S/C30H50O2/c1-18(2)19-11-13-27(5)15-16-28(6)20(25(19)27)9-10-22-29(28,7)14-12-21-26(3,4)23(31)17-24(32)30(21,22)8/h19-25,31-32H,1,9-17H2,2-8H3/t19-,20+,21+,22-,23+,24+,25+,27-,28+,29+,30+/m0/s1. The normalized spacial score (nSPS) is 58.8. The van der Waals surface area contributed by atoms with Crippen LogP contribution in [0.2, 0.25) is 0 Å². The van der Waals surface area contributed by atoms with Crippen molar-refractivity contribution in [2.24, 2.45) is 56.7 Å². The van der Waals surface area contributed by atoms with E-state index < -0.39 is 6.10 Å². The first kappa shape index (κ1) is 23.4. The van der Waals surface area contributed by atoms with Crippen LogP contribution in [0.3, 0.4) is 0 Å². The maximum absolute atomic E-state index is 11.5. The summed E-state index contributed by atoms with van der Waals surface area (Å²) >= 11 is 0. The first-order valence-corrected chi connectivity index (χ1v) is 13.7. The summed E-state index contributed by atoms with van der Waals surface area (Å²) in [5.41, 5.74) is 2.32. The van der Waals surface area contributed by atoms with E-state index in [-0.39, 0.29) is 22.3 Å². The van der Waals surface area contributed by atoms with Gasteiger partial charge in [-0.05, 0) is 110 Å². The van der Waals surface area contributed by atoms with Gasteiger partial charge in [0.15, 0.2) is 0 Å². The summed E-state index contributed by atoms with van der Waals surface area (Å²) in [4.78, 5) is 0. The molecule has 0 aromatic carbocycles. The summed E-state index contributed by atoms with van der Waals surface area (Å²) in [5.74, 6) is 3.22. The maximum Gasteiger partial charge on any atom is 0.0624 e. The van der Waals surface area contributed by atoms with Crippen LogP contribution in [-0.2, 0) is 0 Å². The number of hydrogen-bond acceptors (Lipinski definition) is 2. The van der Waals surface area contributed by atoms with Gasteiger partial charge in [0.25, 0.3) is 0 Å². The highest BCUT2D eigenvalue weighted by molar-refractivity contribution is 5.22. The zero-order valence-corrected chi connectivity index (χ0v) is 22.0. The van der Waals surface area contributed by atoms with E-state index in [1.807, 2.05) is 0 Å². The molecule has 5 saturated carbocycles. The summed E-state index contributed by atoms with van der Waals surface area (Å²) in [6.45, 7) is 21.6. The third-order valence-electron chi connectivity index (χ3n) is 13.6. The van der Waals surface area contributed by atoms with Crippen molar-refractivity contribution in [2.45, 2.75) is 118 Å². The van der Waals surface area contributed by atoms with Gasteiger partial charge in [-0.25, -0.2) is 0 Å². The number of aliphatic hydroxyl groups is 2. The fourth-order valence-electron chi connectivity index (χ4n) is 11.4. The minimum Gasteiger partial charge on any atom is -0.392 e. The van der Waals surface area contributed by atoms with E-state index in [9.17, 15) is 10.2 Å². The summed E-state index contributed by atoms with van der Waals surface area (Å²) in [6.07, 6.45) is 10.2. The fraction of sp³-hybridized carbons (Fsp3) is 0.933. The molecule has 5 aliphatic carbocycles. The fourth-order valence-corrected chi connectivity index (χ4v) is 11.4. The van der Waals surface area contributed by atoms with Crippen LogP contribution in [0.4, 0.5) is 0 Å². The molecule has 0 heterocycles. The zero-order chi connectivity index (χ0) is 23.5. The molecule has 0 unspecified atom stereocenters. The van der Waals surface area contributed by atoms with Crippen LogP contribution in [0, 0.1) is 56.7 Å². The molecule has 0 aromatic rings. The van der Waals surface area contributed by atoms with Crippen LogP contribution in [-0.4, -0.2) is 22.4 Å². The minimum atomic E-state index is -0.392. The first-order chi connectivity index (χ1) is 14.7. The molecule has 2 heteroatoms. The quantitative estimate of drug-likeness (QED) is 0.429. The maximum atomic E-state index is 11.5. The van der Waals surface area contributed by atoms with Crippen LogP contribution in [0.5, 0.6) is 0 Å². The van der Waals surface area contributed by atoms with Gasteiger partial charge < -0.3 is 10.2 Å². The van der Waals surface area contributed by atoms with Crippen molar-refractivity contribution in [3.63, 3.8) is 0 Å². The molecule has 0 saturated heterocycles. The van der Waals surface area contributed by atoms with Crippen molar-refractivity contribution < 1.29 is 10.2 Å². The molecule has 0 amide bonds. The Morgan fingerprint density at radius 3 is 2.09 bits per heavy atom. The van der Waals surface area contributed by atoms with Crippen molar-refractivity contribution in [2.75, 3.05) is 0 Å². The summed E-state index contributed by atoms with van der Waals surface area (Å²) in [6, 6.07) is 0. The van der Waals surface area contributed by atoms with E-state index in [4.69, 9.17) is 0 Å². The largest absolute Gasteiger partial charge is 0.392 e. The lowest BCUT2D eigenvalue weighted by atomic mass is 9.32. The van der Waals surface area contributed by atoms with Crippen molar-refractivity contribution in [1.29, 1.82) is 0 Å². The highest BCUT2D eigenvalue weighted by atomic mass is 16.3. The number of rotatable bonds is 1. The van der Waals surface area contributed by atoms with E-state index in [1.54, 1.807) is 0 Å².